The minimum atomic E-state index is 0. The molecule has 0 spiro atoms. The molecule has 20 heavy (non-hydrogen) atoms. The molecule has 0 aromatic carbocycles. The van der Waals surface area contributed by atoms with Crippen molar-refractivity contribution >= 4 is 11.8 Å². The van der Waals surface area contributed by atoms with Crippen LogP contribution in [-0.2, 0) is 12.4 Å². The summed E-state index contributed by atoms with van der Waals surface area (Å²) in [6.07, 6.45) is 17.9. The zero-order chi connectivity index (χ0) is 13.8. The van der Waals surface area contributed by atoms with Crippen molar-refractivity contribution in [2.24, 2.45) is 0 Å². The van der Waals surface area contributed by atoms with E-state index in [4.69, 9.17) is 0 Å². The summed E-state index contributed by atoms with van der Waals surface area (Å²) in [6.45, 7) is 5.53. The zero-order valence-electron chi connectivity index (χ0n) is 13.2. The number of nitrogens with zero attached hydrogens (tertiary/aromatic N) is 2. The van der Waals surface area contributed by atoms with Crippen LogP contribution in [0.4, 0.5) is 0 Å². The lowest BCUT2D eigenvalue weighted by atomic mass is 10.1. The molecule has 0 N–H and O–H groups in total. The molecule has 0 bridgehead atoms. The van der Waals surface area contributed by atoms with Gasteiger partial charge < -0.3 is 12.4 Å². The van der Waals surface area contributed by atoms with Crippen molar-refractivity contribution in [1.82, 2.24) is 4.57 Å². The van der Waals surface area contributed by atoms with E-state index >= 15 is 0 Å². The number of halogens is 1. The van der Waals surface area contributed by atoms with Crippen molar-refractivity contribution in [3.63, 3.8) is 0 Å². The van der Waals surface area contributed by atoms with Crippen molar-refractivity contribution in [2.45, 2.75) is 77.6 Å². The summed E-state index contributed by atoms with van der Waals surface area (Å²) in [7, 11) is 0. The van der Waals surface area contributed by atoms with Crippen LogP contribution < -0.4 is 17.0 Å². The highest BCUT2D eigenvalue weighted by Crippen LogP contribution is 2.11. The number of thioether (sulfide) groups is 1. The van der Waals surface area contributed by atoms with Crippen LogP contribution in [0.25, 0.3) is 0 Å². The van der Waals surface area contributed by atoms with Gasteiger partial charge in [0.1, 0.15) is 18.3 Å². The molecule has 1 rings (SSSR count). The lowest BCUT2D eigenvalue weighted by molar-refractivity contribution is -0.675. The summed E-state index contributed by atoms with van der Waals surface area (Å²) < 4.78 is 4.50. The Hall–Kier alpha value is -0.150. The number of imidazole rings is 1. The van der Waals surface area contributed by atoms with Gasteiger partial charge in [0, 0.05) is 0 Å². The highest BCUT2D eigenvalue weighted by Gasteiger charge is 2.01. The molecule has 0 saturated carbocycles. The van der Waals surface area contributed by atoms with E-state index in [9.17, 15) is 0 Å². The molecule has 0 aliphatic carbocycles. The fourth-order valence-electron chi connectivity index (χ4n) is 2.21. The summed E-state index contributed by atoms with van der Waals surface area (Å²) in [5, 5.41) is 0. The fraction of sp³-hybridized carbons (Fsp3) is 0.812. The Balaban J connectivity index is 0.00000361. The SMILES string of the molecule is CCCCCCCCCCSC[n+]1ccn(CC)c1.[Cl-]. The zero-order valence-corrected chi connectivity index (χ0v) is 14.8. The molecular weight excluding hydrogens is 288 g/mol. The van der Waals surface area contributed by atoms with E-state index in [1.165, 1.54) is 57.1 Å². The third-order valence-corrected chi connectivity index (χ3v) is 4.55. The maximum Gasteiger partial charge on any atom is 0.244 e. The Bertz CT molecular complexity index is 315. The molecule has 1 aromatic heterocycles. The van der Waals surface area contributed by atoms with Gasteiger partial charge in [0.2, 0.25) is 6.33 Å². The second-order valence-corrected chi connectivity index (χ2v) is 6.35. The van der Waals surface area contributed by atoms with Gasteiger partial charge in [-0.1, -0.05) is 51.9 Å². The van der Waals surface area contributed by atoms with Crippen molar-refractivity contribution in [2.75, 3.05) is 5.75 Å². The molecule has 0 saturated heterocycles. The molecule has 1 aromatic rings. The lowest BCUT2D eigenvalue weighted by Crippen LogP contribution is -3.00. The van der Waals surface area contributed by atoms with E-state index in [2.05, 4.69) is 53.5 Å². The normalized spacial score (nSPS) is 10.5. The molecule has 1 heterocycles. The molecule has 118 valence electrons. The maximum atomic E-state index is 2.28. The number of aromatic nitrogens is 2. The second kappa shape index (κ2) is 13.8. The fourth-order valence-corrected chi connectivity index (χ4v) is 3.11. The first-order valence-corrected chi connectivity index (χ1v) is 9.14. The van der Waals surface area contributed by atoms with E-state index < -0.39 is 0 Å². The third-order valence-electron chi connectivity index (χ3n) is 3.49. The van der Waals surface area contributed by atoms with Gasteiger partial charge in [-0.25, -0.2) is 9.13 Å². The van der Waals surface area contributed by atoms with Gasteiger partial charge in [0.25, 0.3) is 0 Å². The van der Waals surface area contributed by atoms with E-state index in [1.807, 2.05) is 0 Å². The first kappa shape index (κ1) is 19.9. The van der Waals surface area contributed by atoms with Gasteiger partial charge in [-0.15, -0.1) is 11.8 Å². The predicted octanol–water partition coefficient (Wildman–Crippen LogP) is 1.63. The first-order valence-electron chi connectivity index (χ1n) is 7.99. The molecule has 0 fully saturated rings. The van der Waals surface area contributed by atoms with Gasteiger partial charge >= 0.3 is 0 Å². The van der Waals surface area contributed by atoms with Crippen LogP contribution >= 0.6 is 11.8 Å². The first-order chi connectivity index (χ1) is 9.36. The number of hydrogen-bond donors (Lipinski definition) is 0. The molecule has 0 aliphatic heterocycles. The standard InChI is InChI=1S/C16H31N2S.ClH/c1-3-5-6-7-8-9-10-11-14-19-16-18-13-12-17(4-2)15-18;/h12-13,15H,3-11,14,16H2,1-2H3;1H/q+1;/p-1. The highest BCUT2D eigenvalue weighted by molar-refractivity contribution is 7.98. The molecule has 0 radical (unpaired) electrons. The Kier molecular flexibility index (Phi) is 13.7. The largest absolute Gasteiger partial charge is 1.00 e. The van der Waals surface area contributed by atoms with E-state index in [0.717, 1.165) is 12.4 Å². The van der Waals surface area contributed by atoms with Crippen LogP contribution in [0.5, 0.6) is 0 Å². The van der Waals surface area contributed by atoms with E-state index in [-0.39, 0.29) is 12.4 Å². The van der Waals surface area contributed by atoms with Gasteiger partial charge in [-0.2, -0.15) is 0 Å². The van der Waals surface area contributed by atoms with Crippen LogP contribution in [0.15, 0.2) is 18.7 Å². The highest BCUT2D eigenvalue weighted by atomic mass is 35.5. The quantitative estimate of drug-likeness (QED) is 0.420. The number of aryl methyl sites for hydroxylation is 1. The molecule has 2 nitrogen and oxygen atoms in total. The Morgan fingerprint density at radius 1 is 0.950 bits per heavy atom. The molecule has 0 aliphatic rings. The minimum Gasteiger partial charge on any atom is -1.00 e. The average molecular weight is 319 g/mol. The summed E-state index contributed by atoms with van der Waals surface area (Å²) in [5.41, 5.74) is 0. The van der Waals surface area contributed by atoms with Crippen LogP contribution in [0.1, 0.15) is 65.2 Å². The summed E-state index contributed by atoms with van der Waals surface area (Å²) in [4.78, 5) is 0. The van der Waals surface area contributed by atoms with Gasteiger partial charge in [0.15, 0.2) is 0 Å². The van der Waals surface area contributed by atoms with Crippen molar-refractivity contribution in [3.05, 3.63) is 18.7 Å². The van der Waals surface area contributed by atoms with Gasteiger partial charge in [-0.05, 0) is 19.1 Å². The van der Waals surface area contributed by atoms with Crippen LogP contribution in [0.3, 0.4) is 0 Å². The second-order valence-electron chi connectivity index (χ2n) is 5.27. The van der Waals surface area contributed by atoms with E-state index in [1.54, 1.807) is 0 Å². The smallest absolute Gasteiger partial charge is 0.244 e. The molecule has 0 amide bonds. The molecular formula is C16H31ClN2S. The summed E-state index contributed by atoms with van der Waals surface area (Å²) in [6, 6.07) is 0. The number of rotatable bonds is 12. The predicted molar refractivity (Wildman–Crippen MR) is 85.4 cm³/mol. The van der Waals surface area contributed by atoms with Crippen LogP contribution in [0, 0.1) is 0 Å². The Morgan fingerprint density at radius 2 is 1.60 bits per heavy atom. The molecule has 4 heteroatoms. The number of unbranched alkanes of at least 4 members (excludes halogenated alkanes) is 7. The van der Waals surface area contributed by atoms with Crippen LogP contribution in [-0.4, -0.2) is 10.3 Å². The van der Waals surface area contributed by atoms with Gasteiger partial charge in [0.05, 0.1) is 6.54 Å². The minimum absolute atomic E-state index is 0. The lowest BCUT2D eigenvalue weighted by Gasteiger charge is -2.01. The Morgan fingerprint density at radius 3 is 2.20 bits per heavy atom. The monoisotopic (exact) mass is 318 g/mol. The average Bonchev–Trinajstić information content (AvgIpc) is 2.89. The van der Waals surface area contributed by atoms with E-state index in [0.29, 0.717) is 0 Å². The maximum absolute atomic E-state index is 2.28. The van der Waals surface area contributed by atoms with Crippen molar-refractivity contribution < 1.29 is 17.0 Å². The van der Waals surface area contributed by atoms with Gasteiger partial charge in [-0.3, -0.25) is 0 Å². The molecule has 0 atom stereocenters. The Labute approximate surface area is 135 Å². The third kappa shape index (κ3) is 9.71. The van der Waals surface area contributed by atoms with Crippen LogP contribution in [0.2, 0.25) is 0 Å². The molecule has 0 unspecified atom stereocenters. The van der Waals surface area contributed by atoms with Crippen molar-refractivity contribution in [3.8, 4) is 0 Å². The van der Waals surface area contributed by atoms with Crippen molar-refractivity contribution in [1.29, 1.82) is 0 Å². The summed E-state index contributed by atoms with van der Waals surface area (Å²) >= 11 is 2.05. The summed E-state index contributed by atoms with van der Waals surface area (Å²) in [5.74, 6) is 2.41. The topological polar surface area (TPSA) is 8.81 Å². The number of hydrogen-bond acceptors (Lipinski definition) is 1.